The lowest BCUT2D eigenvalue weighted by molar-refractivity contribution is 0.715. The molecule has 65 heavy (non-hydrogen) atoms. The lowest BCUT2D eigenvalue weighted by Crippen LogP contribution is -2.37. The van der Waals surface area contributed by atoms with Crippen LogP contribution < -0.4 is 10.4 Å². The van der Waals surface area contributed by atoms with Gasteiger partial charge in [0.05, 0.1) is 11.0 Å². The monoisotopic (exact) mass is 831 g/mol. The van der Waals surface area contributed by atoms with Crippen LogP contribution in [-0.4, -0.2) is 4.57 Å². The Balaban J connectivity index is 0.956. The number of hydrogen-bond donors (Lipinski definition) is 0. The maximum absolute atomic E-state index is 2.44. The molecule has 0 spiro atoms. The molecule has 0 radical (unpaired) electrons. The van der Waals surface area contributed by atoms with E-state index in [9.17, 15) is 0 Å². The first-order valence-electron chi connectivity index (χ1n) is 23.2. The smallest absolute Gasteiger partial charge is 0.0541 e. The fourth-order valence-electron chi connectivity index (χ4n) is 11.0. The summed E-state index contributed by atoms with van der Waals surface area (Å²) in [5.74, 6) is 0.561. The van der Waals surface area contributed by atoms with E-state index in [1.165, 1.54) is 110 Å². The molecule has 3 aliphatic rings. The Labute approximate surface area is 381 Å². The summed E-state index contributed by atoms with van der Waals surface area (Å²) in [5.41, 5.74) is 18.2. The van der Waals surface area contributed by atoms with Crippen LogP contribution in [0.2, 0.25) is 0 Å². The number of allylic oxidation sites excluding steroid dienone is 10. The third-order valence-electron chi connectivity index (χ3n) is 14.2. The number of para-hydroxylation sites is 1. The molecule has 2 unspecified atom stereocenters. The van der Waals surface area contributed by atoms with Gasteiger partial charge in [-0.3, -0.25) is 0 Å². The van der Waals surface area contributed by atoms with Gasteiger partial charge in [0.25, 0.3) is 0 Å². The second kappa shape index (κ2) is 16.4. The number of nitrogens with zero attached hydrogens (tertiary/aromatic N) is 1. The minimum Gasteiger partial charge on any atom is -0.309 e. The summed E-state index contributed by atoms with van der Waals surface area (Å²) < 4.78 is 2.44. The molecule has 0 fully saturated rings. The van der Waals surface area contributed by atoms with Crippen LogP contribution in [0, 0.1) is 5.92 Å². The second-order valence-electron chi connectivity index (χ2n) is 17.8. The van der Waals surface area contributed by atoms with Crippen LogP contribution in [0.25, 0.3) is 66.1 Å². The van der Waals surface area contributed by atoms with E-state index in [1.807, 2.05) is 0 Å². The van der Waals surface area contributed by atoms with Crippen molar-refractivity contribution < 1.29 is 0 Å². The summed E-state index contributed by atoms with van der Waals surface area (Å²) in [7, 11) is 0. The van der Waals surface area contributed by atoms with Crippen LogP contribution >= 0.6 is 0 Å². The predicted molar refractivity (Wildman–Crippen MR) is 275 cm³/mol. The van der Waals surface area contributed by atoms with Crippen molar-refractivity contribution in [2.45, 2.75) is 32.1 Å². The van der Waals surface area contributed by atoms with Gasteiger partial charge in [0.1, 0.15) is 0 Å². The first kappa shape index (κ1) is 38.9. The van der Waals surface area contributed by atoms with Crippen molar-refractivity contribution in [2.75, 3.05) is 0 Å². The first-order chi connectivity index (χ1) is 32.2. The van der Waals surface area contributed by atoms with Gasteiger partial charge < -0.3 is 4.57 Å². The molecule has 0 aliphatic heterocycles. The summed E-state index contributed by atoms with van der Waals surface area (Å²) in [6.45, 7) is 2.34. The van der Waals surface area contributed by atoms with Gasteiger partial charge in [0.15, 0.2) is 0 Å². The van der Waals surface area contributed by atoms with E-state index in [4.69, 9.17) is 0 Å². The minimum atomic E-state index is 0.264. The van der Waals surface area contributed by atoms with Gasteiger partial charge in [-0.1, -0.05) is 201 Å². The second-order valence-corrected chi connectivity index (χ2v) is 17.8. The highest BCUT2D eigenvalue weighted by Gasteiger charge is 2.29. The molecule has 0 saturated carbocycles. The highest BCUT2D eigenvalue weighted by Crippen LogP contribution is 2.42. The largest absolute Gasteiger partial charge is 0.309 e. The van der Waals surface area contributed by atoms with Crippen LogP contribution in [0.4, 0.5) is 0 Å². The van der Waals surface area contributed by atoms with Gasteiger partial charge >= 0.3 is 0 Å². The number of aromatic nitrogens is 1. The molecule has 3 aliphatic carbocycles. The van der Waals surface area contributed by atoms with Gasteiger partial charge in [-0.15, -0.1) is 0 Å². The summed E-state index contributed by atoms with van der Waals surface area (Å²) in [6.07, 6.45) is 19.1. The standard InChI is InChI=1S/C64H49N/c1-43(44-17-5-2-6-18-44)53-21-7-3-8-22-54(53)46-30-32-47(33-31-46)63-56-24-9-4-10-25-57(56)64(59-27-14-13-26-58(59)63)48-35-38-52(39-36-48)65-61-28-16-15-23-55(61)60-42-51(37-40-62(60)65)50-34-29-45-19-11-12-20-49(45)41-50/h2-9,11-21,23-24,26-43,57H,10,22,25H2,1H3. The number of hydrogen-bond acceptors (Lipinski definition) is 0. The Morgan fingerprint density at radius 3 is 2.05 bits per heavy atom. The van der Waals surface area contributed by atoms with Crippen molar-refractivity contribution in [3.05, 3.63) is 274 Å². The molecule has 310 valence electrons. The molecule has 2 atom stereocenters. The molecule has 0 amide bonds. The van der Waals surface area contributed by atoms with Gasteiger partial charge in [-0.25, -0.2) is 0 Å². The van der Waals surface area contributed by atoms with E-state index < -0.39 is 0 Å². The first-order valence-corrected chi connectivity index (χ1v) is 23.2. The number of fused-ring (bicyclic) bond motifs is 6. The quantitative estimate of drug-likeness (QED) is 0.151. The van der Waals surface area contributed by atoms with Crippen LogP contribution in [0.15, 0.2) is 242 Å². The van der Waals surface area contributed by atoms with Crippen molar-refractivity contribution in [3.63, 3.8) is 0 Å². The van der Waals surface area contributed by atoms with E-state index in [-0.39, 0.29) is 5.92 Å². The zero-order chi connectivity index (χ0) is 43.3. The van der Waals surface area contributed by atoms with E-state index in [1.54, 1.807) is 0 Å². The molecule has 1 nitrogen and oxygen atoms in total. The van der Waals surface area contributed by atoms with Gasteiger partial charge in [-0.2, -0.15) is 0 Å². The third kappa shape index (κ3) is 6.87. The highest BCUT2D eigenvalue weighted by molar-refractivity contribution is 6.10. The normalized spacial score (nSPS) is 16.4. The van der Waals surface area contributed by atoms with E-state index in [0.29, 0.717) is 5.92 Å². The fourth-order valence-corrected chi connectivity index (χ4v) is 11.0. The molecule has 9 aromatic rings. The van der Waals surface area contributed by atoms with Crippen LogP contribution in [0.3, 0.4) is 0 Å². The molecule has 1 heterocycles. The molecule has 1 aromatic heterocycles. The highest BCUT2D eigenvalue weighted by atomic mass is 15.0. The van der Waals surface area contributed by atoms with Crippen molar-refractivity contribution in [2.24, 2.45) is 5.92 Å². The van der Waals surface area contributed by atoms with E-state index in [2.05, 4.69) is 242 Å². The fraction of sp³-hybridized carbons (Fsp3) is 0.0938. The minimum absolute atomic E-state index is 0.264. The summed E-state index contributed by atoms with van der Waals surface area (Å²) in [6, 6.07) is 70.2. The molecule has 12 rings (SSSR count). The van der Waals surface area contributed by atoms with Crippen LogP contribution in [-0.2, 0) is 0 Å². The summed E-state index contributed by atoms with van der Waals surface area (Å²) in [5, 5.41) is 7.70. The maximum atomic E-state index is 2.44. The Kier molecular flexibility index (Phi) is 9.83. The molecule has 0 bridgehead atoms. The van der Waals surface area contributed by atoms with Gasteiger partial charge in [-0.05, 0) is 138 Å². The zero-order valence-electron chi connectivity index (χ0n) is 36.7. The molecular weight excluding hydrogens is 783 g/mol. The van der Waals surface area contributed by atoms with Crippen LogP contribution in [0.5, 0.6) is 0 Å². The van der Waals surface area contributed by atoms with E-state index in [0.717, 1.165) is 19.3 Å². The lowest BCUT2D eigenvalue weighted by atomic mass is 9.74. The molecule has 1 heteroatoms. The average Bonchev–Trinajstić information content (AvgIpc) is 3.55. The SMILES string of the molecule is CC(C1=C(c2ccc(C3=c4ccccc4=C(c4ccc(-n5c6ccccc6c6cc(-c7ccc8ccccc8c7)ccc65)cc4)C4CCC=CC=C34)cc2)CC=CC=C1)c1ccccc1. The topological polar surface area (TPSA) is 4.93 Å². The number of rotatable bonds is 7. The molecular formula is C64H49N. The van der Waals surface area contributed by atoms with Crippen molar-refractivity contribution >= 4 is 49.3 Å². The van der Waals surface area contributed by atoms with Gasteiger partial charge in [0.2, 0.25) is 0 Å². The zero-order valence-corrected chi connectivity index (χ0v) is 36.7. The Hall–Kier alpha value is -7.74. The van der Waals surface area contributed by atoms with E-state index >= 15 is 0 Å². The average molecular weight is 832 g/mol. The molecule has 0 saturated heterocycles. The summed E-state index contributed by atoms with van der Waals surface area (Å²) in [4.78, 5) is 0. The predicted octanol–water partition coefficient (Wildman–Crippen LogP) is 15.0. The van der Waals surface area contributed by atoms with Gasteiger partial charge in [0, 0.05) is 28.3 Å². The van der Waals surface area contributed by atoms with Crippen LogP contribution in [0.1, 0.15) is 54.4 Å². The van der Waals surface area contributed by atoms with Crippen molar-refractivity contribution in [1.29, 1.82) is 0 Å². The Morgan fingerprint density at radius 1 is 0.508 bits per heavy atom. The maximum Gasteiger partial charge on any atom is 0.0541 e. The summed E-state index contributed by atoms with van der Waals surface area (Å²) >= 11 is 0. The third-order valence-corrected chi connectivity index (χ3v) is 14.2. The lowest BCUT2D eigenvalue weighted by Gasteiger charge is -2.30. The van der Waals surface area contributed by atoms with Crippen molar-refractivity contribution in [1.82, 2.24) is 4.57 Å². The Morgan fingerprint density at radius 2 is 1.18 bits per heavy atom. The number of benzene rings is 8. The van der Waals surface area contributed by atoms with Crippen molar-refractivity contribution in [3.8, 4) is 16.8 Å². The molecule has 0 N–H and O–H groups in total. The molecule has 8 aromatic carbocycles. The Bertz CT molecular complexity index is 3600.